The third kappa shape index (κ3) is 6.68. The van der Waals surface area contributed by atoms with E-state index in [1.54, 1.807) is 18.0 Å². The van der Waals surface area contributed by atoms with Gasteiger partial charge in [0.1, 0.15) is 10.9 Å². The summed E-state index contributed by atoms with van der Waals surface area (Å²) in [7, 11) is 1.79. The van der Waals surface area contributed by atoms with Crippen LogP contribution in [0.1, 0.15) is 87.2 Å². The van der Waals surface area contributed by atoms with Crippen molar-refractivity contribution in [3.63, 3.8) is 0 Å². The van der Waals surface area contributed by atoms with Gasteiger partial charge in [-0.2, -0.15) is 0 Å². The van der Waals surface area contributed by atoms with Crippen molar-refractivity contribution in [3.8, 4) is 11.8 Å². The minimum absolute atomic E-state index is 0.0432. The van der Waals surface area contributed by atoms with Gasteiger partial charge in [-0.15, -0.1) is 11.3 Å². The molecule has 1 saturated carbocycles. The van der Waals surface area contributed by atoms with Crippen LogP contribution in [0.5, 0.6) is 0 Å². The molecule has 3 rings (SSSR count). The van der Waals surface area contributed by atoms with E-state index in [9.17, 15) is 19.5 Å². The van der Waals surface area contributed by atoms with Crippen LogP contribution in [-0.4, -0.2) is 60.1 Å². The van der Waals surface area contributed by atoms with Crippen LogP contribution in [0.25, 0.3) is 0 Å². The molecule has 2 amide bonds. The van der Waals surface area contributed by atoms with Gasteiger partial charge in [-0.3, -0.25) is 14.5 Å². The molecule has 1 N–H and O–H groups in total. The second-order valence-corrected chi connectivity index (χ2v) is 11.5. The standard InChI is InChI=1S/C28H40N2O5S/c1-6-23(27(32)29(5)21-13-15-35-16-14-21)30(26(31)20-10-8-19(4)9-11-20)24-17-22(12-7-18(2)3)36-25(24)28(33)34/h17-21,23H,6,8-11,13-16H2,1-5H3,(H,33,34)/t19?,20?,23-/m1/s1. The molecule has 2 fully saturated rings. The first-order valence-electron chi connectivity index (χ1n) is 13.2. The molecule has 2 aliphatic rings. The fourth-order valence-electron chi connectivity index (χ4n) is 5.09. The molecule has 7 nitrogen and oxygen atoms in total. The monoisotopic (exact) mass is 516 g/mol. The lowest BCUT2D eigenvalue weighted by atomic mass is 9.82. The number of carbonyl (C=O) groups is 3. The molecule has 1 aromatic heterocycles. The zero-order valence-corrected chi connectivity index (χ0v) is 23.0. The lowest BCUT2D eigenvalue weighted by Gasteiger charge is -2.39. The number of hydrogen-bond donors (Lipinski definition) is 1. The summed E-state index contributed by atoms with van der Waals surface area (Å²) in [4.78, 5) is 44.1. The van der Waals surface area contributed by atoms with E-state index < -0.39 is 12.0 Å². The molecule has 36 heavy (non-hydrogen) atoms. The first-order chi connectivity index (χ1) is 17.1. The van der Waals surface area contributed by atoms with Gasteiger partial charge < -0.3 is 14.7 Å². The summed E-state index contributed by atoms with van der Waals surface area (Å²) in [6.07, 6.45) is 5.31. The number of carboxylic acid groups (broad SMARTS) is 1. The average molecular weight is 517 g/mol. The first-order valence-corrected chi connectivity index (χ1v) is 14.0. The maximum Gasteiger partial charge on any atom is 0.348 e. The summed E-state index contributed by atoms with van der Waals surface area (Å²) < 4.78 is 5.46. The highest BCUT2D eigenvalue weighted by atomic mass is 32.1. The predicted octanol–water partition coefficient (Wildman–Crippen LogP) is 5.03. The summed E-state index contributed by atoms with van der Waals surface area (Å²) >= 11 is 1.07. The van der Waals surface area contributed by atoms with Crippen LogP contribution >= 0.6 is 11.3 Å². The van der Waals surface area contributed by atoms with E-state index >= 15 is 0 Å². The average Bonchev–Trinajstić information content (AvgIpc) is 3.30. The Morgan fingerprint density at radius 2 is 1.78 bits per heavy atom. The van der Waals surface area contributed by atoms with Gasteiger partial charge in [0.15, 0.2) is 0 Å². The van der Waals surface area contributed by atoms with Gasteiger partial charge in [-0.05, 0) is 56.9 Å². The highest BCUT2D eigenvalue weighted by Gasteiger charge is 2.40. The highest BCUT2D eigenvalue weighted by Crippen LogP contribution is 2.37. The molecule has 1 atom stereocenters. The largest absolute Gasteiger partial charge is 0.477 e. The van der Waals surface area contributed by atoms with E-state index in [1.165, 1.54) is 4.90 Å². The van der Waals surface area contributed by atoms with Crippen molar-refractivity contribution in [2.24, 2.45) is 17.8 Å². The van der Waals surface area contributed by atoms with Gasteiger partial charge in [-0.25, -0.2) is 4.79 Å². The van der Waals surface area contributed by atoms with Crippen molar-refractivity contribution < 1.29 is 24.2 Å². The van der Waals surface area contributed by atoms with Crippen LogP contribution in [0.15, 0.2) is 6.07 Å². The second-order valence-electron chi connectivity index (χ2n) is 10.4. The normalized spacial score (nSPS) is 21.4. The number of nitrogens with zero attached hydrogens (tertiary/aromatic N) is 2. The Balaban J connectivity index is 2.04. The van der Waals surface area contributed by atoms with Gasteiger partial charge in [0.25, 0.3) is 0 Å². The quantitative estimate of drug-likeness (QED) is 0.514. The van der Waals surface area contributed by atoms with Crippen molar-refractivity contribution in [1.82, 2.24) is 4.90 Å². The van der Waals surface area contributed by atoms with E-state index in [4.69, 9.17) is 4.74 Å². The van der Waals surface area contributed by atoms with E-state index in [2.05, 4.69) is 18.8 Å². The Morgan fingerprint density at radius 3 is 2.33 bits per heavy atom. The number of likely N-dealkylation sites (N-methyl/N-ethyl adjacent to an activating group) is 1. The molecule has 1 aliphatic carbocycles. The lowest BCUT2D eigenvalue weighted by molar-refractivity contribution is -0.137. The van der Waals surface area contributed by atoms with Crippen LogP contribution in [0.3, 0.4) is 0 Å². The molecule has 0 aromatic carbocycles. The number of amides is 2. The Labute approximate surface area is 219 Å². The maximum atomic E-state index is 14.1. The van der Waals surface area contributed by atoms with Crippen molar-refractivity contribution in [2.45, 2.75) is 84.7 Å². The molecule has 0 spiro atoms. The van der Waals surface area contributed by atoms with Gasteiger partial charge >= 0.3 is 5.97 Å². The summed E-state index contributed by atoms with van der Waals surface area (Å²) in [5, 5.41) is 10.1. The molecule has 1 aliphatic heterocycles. The Morgan fingerprint density at radius 1 is 1.14 bits per heavy atom. The van der Waals surface area contributed by atoms with Gasteiger partial charge in [0, 0.05) is 38.1 Å². The molecule has 198 valence electrons. The zero-order valence-electron chi connectivity index (χ0n) is 22.2. The van der Waals surface area contributed by atoms with E-state index in [0.29, 0.717) is 36.1 Å². The third-order valence-electron chi connectivity index (χ3n) is 7.32. The zero-order chi connectivity index (χ0) is 26.4. The molecule has 0 radical (unpaired) electrons. The molecule has 0 unspecified atom stereocenters. The number of carboxylic acids is 1. The number of rotatable bonds is 7. The maximum absolute atomic E-state index is 14.1. The number of hydrogen-bond acceptors (Lipinski definition) is 5. The van der Waals surface area contributed by atoms with Crippen LogP contribution in [0.4, 0.5) is 5.69 Å². The third-order valence-corrected chi connectivity index (χ3v) is 8.35. The number of anilines is 1. The number of carbonyl (C=O) groups excluding carboxylic acids is 2. The molecule has 2 heterocycles. The summed E-state index contributed by atoms with van der Waals surface area (Å²) in [6.45, 7) is 9.23. The first kappa shape index (κ1) is 28.2. The smallest absolute Gasteiger partial charge is 0.348 e. The van der Waals surface area contributed by atoms with Crippen LogP contribution in [-0.2, 0) is 14.3 Å². The van der Waals surface area contributed by atoms with E-state index in [0.717, 1.165) is 49.9 Å². The second kappa shape index (κ2) is 12.7. The molecule has 0 bridgehead atoms. The minimum Gasteiger partial charge on any atom is -0.477 e. The fourth-order valence-corrected chi connectivity index (χ4v) is 5.94. The van der Waals surface area contributed by atoms with Gasteiger partial charge in [0.05, 0.1) is 10.6 Å². The number of aromatic carboxylic acids is 1. The molecular formula is C28H40N2O5S. The summed E-state index contributed by atoms with van der Waals surface area (Å²) in [6, 6.07) is 0.960. The minimum atomic E-state index is -1.11. The number of thiophene rings is 1. The Hall–Kier alpha value is -2.37. The molecular weight excluding hydrogens is 476 g/mol. The molecule has 1 saturated heterocycles. The van der Waals surface area contributed by atoms with Crippen LogP contribution in [0, 0.1) is 29.6 Å². The highest BCUT2D eigenvalue weighted by molar-refractivity contribution is 7.15. The van der Waals surface area contributed by atoms with Gasteiger partial charge in [0.2, 0.25) is 11.8 Å². The Bertz CT molecular complexity index is 993. The topological polar surface area (TPSA) is 87.2 Å². The fraction of sp³-hybridized carbons (Fsp3) is 0.679. The van der Waals surface area contributed by atoms with Crippen LogP contribution < -0.4 is 4.90 Å². The Kier molecular flexibility index (Phi) is 9.98. The summed E-state index contributed by atoms with van der Waals surface area (Å²) in [5.74, 6) is 5.21. The predicted molar refractivity (Wildman–Crippen MR) is 142 cm³/mol. The molecule has 1 aromatic rings. The van der Waals surface area contributed by atoms with Crippen molar-refractivity contribution in [2.75, 3.05) is 25.2 Å². The summed E-state index contributed by atoms with van der Waals surface area (Å²) in [5.41, 5.74) is 0.296. The van der Waals surface area contributed by atoms with Crippen molar-refractivity contribution >= 4 is 34.8 Å². The molecule has 8 heteroatoms. The van der Waals surface area contributed by atoms with Crippen LogP contribution in [0.2, 0.25) is 0 Å². The van der Waals surface area contributed by atoms with E-state index in [-0.39, 0.29) is 34.6 Å². The van der Waals surface area contributed by atoms with Crippen molar-refractivity contribution in [3.05, 3.63) is 15.8 Å². The van der Waals surface area contributed by atoms with Crippen molar-refractivity contribution in [1.29, 1.82) is 0 Å². The van der Waals surface area contributed by atoms with Gasteiger partial charge in [-0.1, -0.05) is 39.5 Å². The SMILES string of the molecule is CC[C@H](C(=O)N(C)C1CCOCC1)N(C(=O)C1CCC(C)CC1)c1cc(C#CC(C)C)sc1C(=O)O. The lowest BCUT2D eigenvalue weighted by Crippen LogP contribution is -2.54. The number of ether oxygens (including phenoxy) is 1. The van der Waals surface area contributed by atoms with E-state index in [1.807, 2.05) is 20.8 Å².